The molecule has 0 saturated carbocycles. The van der Waals surface area contributed by atoms with Crippen molar-refractivity contribution >= 4 is 5.91 Å². The van der Waals surface area contributed by atoms with Gasteiger partial charge in [0.05, 0.1) is 0 Å². The van der Waals surface area contributed by atoms with Crippen molar-refractivity contribution in [2.75, 3.05) is 19.7 Å². The maximum Gasteiger partial charge on any atom is 0.267 e. The minimum atomic E-state index is -0.593. The van der Waals surface area contributed by atoms with Crippen LogP contribution in [0.2, 0.25) is 0 Å². The fourth-order valence-electron chi connectivity index (χ4n) is 3.45. The summed E-state index contributed by atoms with van der Waals surface area (Å²) in [5.74, 6) is 2.58. The molecule has 2 aliphatic heterocycles. The molecule has 1 amide bonds. The zero-order valence-corrected chi connectivity index (χ0v) is 15.6. The van der Waals surface area contributed by atoms with Crippen LogP contribution in [0.5, 0.6) is 17.4 Å². The van der Waals surface area contributed by atoms with Gasteiger partial charge in [0.2, 0.25) is 12.0 Å². The molecule has 7 nitrogen and oxygen atoms in total. The van der Waals surface area contributed by atoms with E-state index in [1.54, 1.807) is 0 Å². The summed E-state index contributed by atoms with van der Waals surface area (Å²) in [4.78, 5) is 23.2. The molecule has 1 atom stereocenters. The summed E-state index contributed by atoms with van der Waals surface area (Å²) < 4.78 is 17.5. The molecule has 4 rings (SSSR count). The molecule has 1 saturated heterocycles. The minimum Gasteiger partial charge on any atom is -0.485 e. The van der Waals surface area contributed by atoms with Gasteiger partial charge in [0.15, 0.2) is 11.5 Å². The maximum atomic E-state index is 12.8. The van der Waals surface area contributed by atoms with Crippen molar-refractivity contribution in [3.8, 4) is 17.4 Å². The lowest BCUT2D eigenvalue weighted by molar-refractivity contribution is -0.143. The number of nitrogens with zero attached hydrogens (tertiary/aromatic N) is 3. The van der Waals surface area contributed by atoms with Gasteiger partial charge in [-0.1, -0.05) is 12.1 Å². The largest absolute Gasteiger partial charge is 0.485 e. The van der Waals surface area contributed by atoms with Gasteiger partial charge in [0.1, 0.15) is 18.5 Å². The molecule has 7 heteroatoms. The number of carbonyl (C=O) groups is 1. The fraction of sp³-hybridized carbons (Fsp3) is 0.450. The molecule has 0 spiro atoms. The van der Waals surface area contributed by atoms with Crippen LogP contribution < -0.4 is 14.2 Å². The number of hydrogen-bond donors (Lipinski definition) is 0. The van der Waals surface area contributed by atoms with Crippen molar-refractivity contribution in [3.63, 3.8) is 0 Å². The number of likely N-dealkylation sites (tertiary alicyclic amines) is 1. The highest BCUT2D eigenvalue weighted by molar-refractivity contribution is 5.82. The number of para-hydroxylation sites is 2. The molecule has 1 unspecified atom stereocenters. The average molecular weight is 369 g/mol. The number of rotatable bonds is 3. The molecule has 1 aromatic heterocycles. The van der Waals surface area contributed by atoms with E-state index >= 15 is 0 Å². The first-order chi connectivity index (χ1) is 13.1. The predicted molar refractivity (Wildman–Crippen MR) is 98.1 cm³/mol. The van der Waals surface area contributed by atoms with Gasteiger partial charge in [-0.15, -0.1) is 0 Å². The summed E-state index contributed by atoms with van der Waals surface area (Å²) in [7, 11) is 0. The number of aryl methyl sites for hydroxylation is 2. The van der Waals surface area contributed by atoms with Crippen molar-refractivity contribution < 1.29 is 19.0 Å². The van der Waals surface area contributed by atoms with Crippen LogP contribution in [0.15, 0.2) is 30.3 Å². The standard InChI is InChI=1S/C20H23N3O4/c1-13-11-19(22-14(2)21-13)26-15-7-9-23(10-8-15)20(24)18-12-25-16-5-3-4-6-17(16)27-18/h3-6,11,15,18H,7-10,12H2,1-2H3. The second-order valence-corrected chi connectivity index (χ2v) is 6.90. The first kappa shape index (κ1) is 17.6. The summed E-state index contributed by atoms with van der Waals surface area (Å²) in [6.45, 7) is 5.28. The van der Waals surface area contributed by atoms with Gasteiger partial charge in [0, 0.05) is 37.7 Å². The number of benzene rings is 1. The molecule has 1 fully saturated rings. The number of aromatic nitrogens is 2. The Morgan fingerprint density at radius 1 is 1.15 bits per heavy atom. The van der Waals surface area contributed by atoms with E-state index < -0.39 is 6.10 Å². The van der Waals surface area contributed by atoms with Gasteiger partial charge >= 0.3 is 0 Å². The number of hydrogen-bond acceptors (Lipinski definition) is 6. The van der Waals surface area contributed by atoms with Crippen LogP contribution in [0.25, 0.3) is 0 Å². The minimum absolute atomic E-state index is 0.0309. The van der Waals surface area contributed by atoms with E-state index in [2.05, 4.69) is 9.97 Å². The Hall–Kier alpha value is -2.83. The van der Waals surface area contributed by atoms with Gasteiger partial charge in [-0.25, -0.2) is 4.98 Å². The third kappa shape index (κ3) is 3.97. The summed E-state index contributed by atoms with van der Waals surface area (Å²) >= 11 is 0. The van der Waals surface area contributed by atoms with Crippen LogP contribution in [-0.4, -0.2) is 52.7 Å². The van der Waals surface area contributed by atoms with Gasteiger partial charge in [-0.3, -0.25) is 4.79 Å². The molecule has 2 aliphatic rings. The first-order valence-corrected chi connectivity index (χ1v) is 9.25. The number of piperidine rings is 1. The van der Waals surface area contributed by atoms with Crippen LogP contribution in [0.4, 0.5) is 0 Å². The fourth-order valence-corrected chi connectivity index (χ4v) is 3.45. The number of fused-ring (bicyclic) bond motifs is 1. The number of amides is 1. The molecule has 0 N–H and O–H groups in total. The summed E-state index contributed by atoms with van der Waals surface area (Å²) in [6.07, 6.45) is 0.979. The quantitative estimate of drug-likeness (QED) is 0.827. The van der Waals surface area contributed by atoms with Crippen LogP contribution in [-0.2, 0) is 4.79 Å². The highest BCUT2D eigenvalue weighted by atomic mass is 16.6. The van der Waals surface area contributed by atoms with Crippen LogP contribution in [0.1, 0.15) is 24.4 Å². The van der Waals surface area contributed by atoms with Gasteiger partial charge in [-0.05, 0) is 26.0 Å². The Bertz CT molecular complexity index is 813. The highest BCUT2D eigenvalue weighted by Gasteiger charge is 2.33. The van der Waals surface area contributed by atoms with Crippen molar-refractivity contribution in [2.24, 2.45) is 0 Å². The molecule has 0 radical (unpaired) electrons. The molecule has 27 heavy (non-hydrogen) atoms. The van der Waals surface area contributed by atoms with E-state index in [0.29, 0.717) is 36.3 Å². The van der Waals surface area contributed by atoms with E-state index in [-0.39, 0.29) is 18.6 Å². The monoisotopic (exact) mass is 369 g/mol. The zero-order chi connectivity index (χ0) is 18.8. The Labute approximate surface area is 158 Å². The molecule has 2 aromatic rings. The average Bonchev–Trinajstić information content (AvgIpc) is 2.67. The molecule has 0 aliphatic carbocycles. The molecule has 0 bridgehead atoms. The Morgan fingerprint density at radius 3 is 2.63 bits per heavy atom. The summed E-state index contributed by atoms with van der Waals surface area (Å²) in [5.41, 5.74) is 0.889. The highest BCUT2D eigenvalue weighted by Crippen LogP contribution is 2.31. The molecule has 142 valence electrons. The second-order valence-electron chi connectivity index (χ2n) is 6.90. The SMILES string of the molecule is Cc1cc(OC2CCN(C(=O)C3COc4ccccc4O3)CC2)nc(C)n1. The topological polar surface area (TPSA) is 73.8 Å². The lowest BCUT2D eigenvalue weighted by Gasteiger charge is -2.35. The van der Waals surface area contributed by atoms with Crippen LogP contribution >= 0.6 is 0 Å². The zero-order valence-electron chi connectivity index (χ0n) is 15.6. The predicted octanol–water partition coefficient (Wildman–Crippen LogP) is 2.30. The van der Waals surface area contributed by atoms with Crippen molar-refractivity contribution in [2.45, 2.75) is 38.9 Å². The van der Waals surface area contributed by atoms with Gasteiger partial charge in [0.25, 0.3) is 5.91 Å². The molecule has 3 heterocycles. The van der Waals surface area contributed by atoms with E-state index in [4.69, 9.17) is 14.2 Å². The Morgan fingerprint density at radius 2 is 1.89 bits per heavy atom. The van der Waals surface area contributed by atoms with Crippen molar-refractivity contribution in [3.05, 3.63) is 41.9 Å². The molecular formula is C20H23N3O4. The second kappa shape index (κ2) is 7.42. The van der Waals surface area contributed by atoms with E-state index in [1.165, 1.54) is 0 Å². The normalized spacial score (nSPS) is 19.6. The first-order valence-electron chi connectivity index (χ1n) is 9.25. The van der Waals surface area contributed by atoms with Crippen molar-refractivity contribution in [1.29, 1.82) is 0 Å². The Balaban J connectivity index is 1.32. The smallest absolute Gasteiger partial charge is 0.267 e. The number of carbonyl (C=O) groups excluding carboxylic acids is 1. The van der Waals surface area contributed by atoms with Crippen LogP contribution in [0, 0.1) is 13.8 Å². The van der Waals surface area contributed by atoms with E-state index in [0.717, 1.165) is 18.5 Å². The Kier molecular flexibility index (Phi) is 4.83. The summed E-state index contributed by atoms with van der Waals surface area (Å²) in [5, 5.41) is 0. The third-order valence-electron chi connectivity index (χ3n) is 4.77. The molecular weight excluding hydrogens is 346 g/mol. The maximum absolute atomic E-state index is 12.8. The van der Waals surface area contributed by atoms with Gasteiger partial charge < -0.3 is 19.1 Å². The van der Waals surface area contributed by atoms with Gasteiger partial charge in [-0.2, -0.15) is 4.98 Å². The van der Waals surface area contributed by atoms with E-state index in [9.17, 15) is 4.79 Å². The lowest BCUT2D eigenvalue weighted by atomic mass is 10.1. The number of ether oxygens (including phenoxy) is 3. The van der Waals surface area contributed by atoms with Crippen molar-refractivity contribution in [1.82, 2.24) is 14.9 Å². The summed E-state index contributed by atoms with van der Waals surface area (Å²) in [6, 6.07) is 9.26. The third-order valence-corrected chi connectivity index (χ3v) is 4.77. The molecule has 1 aromatic carbocycles. The van der Waals surface area contributed by atoms with Crippen LogP contribution in [0.3, 0.4) is 0 Å². The van der Waals surface area contributed by atoms with E-state index in [1.807, 2.05) is 49.1 Å². The lowest BCUT2D eigenvalue weighted by Crippen LogP contribution is -2.50.